The van der Waals surface area contributed by atoms with Crippen LogP contribution in [-0.4, -0.2) is 40.4 Å². The minimum Gasteiger partial charge on any atom is -0.355 e. The number of benzene rings is 1. The molecule has 3 heterocycles. The summed E-state index contributed by atoms with van der Waals surface area (Å²) >= 11 is 0. The van der Waals surface area contributed by atoms with Crippen molar-refractivity contribution in [2.24, 2.45) is 5.92 Å². The summed E-state index contributed by atoms with van der Waals surface area (Å²) in [6.45, 7) is 7.43. The Kier molecular flexibility index (Phi) is 4.39. The average molecular weight is 350 g/mol. The minimum absolute atomic E-state index is 0.0389. The minimum atomic E-state index is 0.0389. The van der Waals surface area contributed by atoms with Gasteiger partial charge in [0.15, 0.2) is 0 Å². The molecule has 136 valence electrons. The summed E-state index contributed by atoms with van der Waals surface area (Å²) < 4.78 is 0. The van der Waals surface area contributed by atoms with Crippen molar-refractivity contribution in [1.29, 1.82) is 0 Å². The van der Waals surface area contributed by atoms with E-state index in [9.17, 15) is 4.79 Å². The van der Waals surface area contributed by atoms with Crippen molar-refractivity contribution in [3.63, 3.8) is 0 Å². The fraction of sp³-hybridized carbons (Fsp3) is 0.476. The van der Waals surface area contributed by atoms with Crippen molar-refractivity contribution in [3.05, 3.63) is 54.0 Å². The van der Waals surface area contributed by atoms with Gasteiger partial charge in [-0.3, -0.25) is 9.78 Å². The molecule has 2 aliphatic heterocycles. The monoisotopic (exact) mass is 350 g/mol. The van der Waals surface area contributed by atoms with Crippen LogP contribution in [0.2, 0.25) is 0 Å². The topological polar surface area (TPSA) is 49.3 Å². The van der Waals surface area contributed by atoms with E-state index in [2.05, 4.69) is 44.0 Å². The molecule has 4 rings (SSSR count). The Labute approximate surface area is 155 Å². The van der Waals surface area contributed by atoms with E-state index in [4.69, 9.17) is 0 Å². The first-order chi connectivity index (χ1) is 12.6. The van der Waals surface area contributed by atoms with E-state index in [1.165, 1.54) is 11.1 Å². The standard InChI is InChI=1S/C21H26N4O/c1-16(2)20(26)25-14-17-5-3-4-6-18(17)21(15-25)7-11-24(12-8-21)19-13-22-9-10-23-19/h3-6,9-10,13,16H,7-8,11-12,14-15H2,1-2H3. The molecule has 0 bridgehead atoms. The third-order valence-corrected chi connectivity index (χ3v) is 5.84. The third-order valence-electron chi connectivity index (χ3n) is 5.84. The Hall–Kier alpha value is -2.43. The second-order valence-corrected chi connectivity index (χ2v) is 7.84. The van der Waals surface area contributed by atoms with Gasteiger partial charge in [0.05, 0.1) is 6.20 Å². The van der Waals surface area contributed by atoms with Crippen molar-refractivity contribution in [2.45, 2.75) is 38.6 Å². The lowest BCUT2D eigenvalue weighted by atomic mass is 9.68. The Balaban J connectivity index is 1.61. The summed E-state index contributed by atoms with van der Waals surface area (Å²) in [6.07, 6.45) is 7.35. The normalized spacial score (nSPS) is 18.9. The van der Waals surface area contributed by atoms with Crippen LogP contribution in [0.1, 0.15) is 37.8 Å². The van der Waals surface area contributed by atoms with E-state index in [1.807, 2.05) is 20.0 Å². The molecule has 2 aromatic rings. The van der Waals surface area contributed by atoms with E-state index >= 15 is 0 Å². The highest BCUT2D eigenvalue weighted by Crippen LogP contribution is 2.42. The first-order valence-corrected chi connectivity index (χ1v) is 9.47. The number of hydrogen-bond donors (Lipinski definition) is 0. The number of piperidine rings is 1. The van der Waals surface area contributed by atoms with Crippen LogP contribution in [0.4, 0.5) is 5.82 Å². The van der Waals surface area contributed by atoms with E-state index in [-0.39, 0.29) is 17.2 Å². The van der Waals surface area contributed by atoms with Gasteiger partial charge >= 0.3 is 0 Å². The molecule has 0 atom stereocenters. The molecule has 1 spiro atoms. The van der Waals surface area contributed by atoms with Crippen molar-refractivity contribution in [2.75, 3.05) is 24.5 Å². The van der Waals surface area contributed by atoms with Gasteiger partial charge in [0.2, 0.25) is 5.91 Å². The molecule has 1 saturated heterocycles. The third kappa shape index (κ3) is 2.96. The molecule has 0 radical (unpaired) electrons. The Morgan fingerprint density at radius 3 is 2.62 bits per heavy atom. The van der Waals surface area contributed by atoms with E-state index in [1.54, 1.807) is 12.4 Å². The van der Waals surface area contributed by atoms with Crippen LogP contribution in [0, 0.1) is 5.92 Å². The van der Waals surface area contributed by atoms with Crippen molar-refractivity contribution in [3.8, 4) is 0 Å². The van der Waals surface area contributed by atoms with Crippen LogP contribution < -0.4 is 4.90 Å². The van der Waals surface area contributed by atoms with Gasteiger partial charge in [0, 0.05) is 49.9 Å². The quantitative estimate of drug-likeness (QED) is 0.835. The Bertz CT molecular complexity index is 782. The Morgan fingerprint density at radius 1 is 1.15 bits per heavy atom. The van der Waals surface area contributed by atoms with Gasteiger partial charge in [0.25, 0.3) is 0 Å². The number of rotatable bonds is 2. The second kappa shape index (κ2) is 6.71. The van der Waals surface area contributed by atoms with Gasteiger partial charge < -0.3 is 9.80 Å². The molecule has 0 aliphatic carbocycles. The summed E-state index contributed by atoms with van der Waals surface area (Å²) in [4.78, 5) is 25.7. The number of aromatic nitrogens is 2. The van der Waals surface area contributed by atoms with Crippen LogP contribution in [0.15, 0.2) is 42.9 Å². The molecule has 1 fully saturated rings. The highest BCUT2D eigenvalue weighted by atomic mass is 16.2. The zero-order valence-electron chi connectivity index (χ0n) is 15.6. The predicted octanol–water partition coefficient (Wildman–Crippen LogP) is 3.01. The maximum Gasteiger partial charge on any atom is 0.225 e. The summed E-state index contributed by atoms with van der Waals surface area (Å²) in [5.74, 6) is 1.24. The van der Waals surface area contributed by atoms with Gasteiger partial charge in [-0.2, -0.15) is 0 Å². The van der Waals surface area contributed by atoms with Crippen LogP contribution in [-0.2, 0) is 16.8 Å². The summed E-state index contributed by atoms with van der Waals surface area (Å²) in [5, 5.41) is 0. The Morgan fingerprint density at radius 2 is 1.92 bits per heavy atom. The molecular weight excluding hydrogens is 324 g/mol. The molecular formula is C21H26N4O. The lowest BCUT2D eigenvalue weighted by Crippen LogP contribution is -2.54. The number of anilines is 1. The number of nitrogens with zero attached hydrogens (tertiary/aromatic N) is 4. The molecule has 0 unspecified atom stereocenters. The molecule has 0 N–H and O–H groups in total. The highest BCUT2D eigenvalue weighted by Gasteiger charge is 2.43. The lowest BCUT2D eigenvalue weighted by molar-refractivity contribution is -0.136. The second-order valence-electron chi connectivity index (χ2n) is 7.84. The van der Waals surface area contributed by atoms with Crippen molar-refractivity contribution in [1.82, 2.24) is 14.9 Å². The van der Waals surface area contributed by atoms with Crippen LogP contribution >= 0.6 is 0 Å². The molecule has 5 nitrogen and oxygen atoms in total. The number of carbonyl (C=O) groups excluding carboxylic acids is 1. The molecule has 26 heavy (non-hydrogen) atoms. The molecule has 0 saturated carbocycles. The zero-order valence-corrected chi connectivity index (χ0v) is 15.6. The number of fused-ring (bicyclic) bond motifs is 2. The van der Waals surface area contributed by atoms with Gasteiger partial charge in [0.1, 0.15) is 5.82 Å². The molecule has 1 amide bonds. The van der Waals surface area contributed by atoms with Gasteiger partial charge in [-0.25, -0.2) is 4.98 Å². The number of carbonyl (C=O) groups is 1. The molecule has 5 heteroatoms. The SMILES string of the molecule is CC(C)C(=O)N1Cc2ccccc2C2(CCN(c3cnccn3)CC2)C1. The smallest absolute Gasteiger partial charge is 0.225 e. The summed E-state index contributed by atoms with van der Waals surface area (Å²) in [7, 11) is 0. The fourth-order valence-corrected chi connectivity index (χ4v) is 4.45. The van der Waals surface area contributed by atoms with Gasteiger partial charge in [-0.05, 0) is 24.0 Å². The largest absolute Gasteiger partial charge is 0.355 e. The molecule has 1 aromatic heterocycles. The highest BCUT2D eigenvalue weighted by molar-refractivity contribution is 5.78. The van der Waals surface area contributed by atoms with E-state index < -0.39 is 0 Å². The lowest BCUT2D eigenvalue weighted by Gasteiger charge is -2.49. The summed E-state index contributed by atoms with van der Waals surface area (Å²) in [6, 6.07) is 8.68. The first-order valence-electron chi connectivity index (χ1n) is 9.47. The number of amides is 1. The first kappa shape index (κ1) is 17.0. The van der Waals surface area contributed by atoms with E-state index in [0.29, 0.717) is 0 Å². The van der Waals surface area contributed by atoms with Gasteiger partial charge in [-0.1, -0.05) is 38.1 Å². The average Bonchev–Trinajstić information content (AvgIpc) is 2.68. The fourth-order valence-electron chi connectivity index (χ4n) is 4.45. The van der Waals surface area contributed by atoms with Crippen LogP contribution in [0.25, 0.3) is 0 Å². The summed E-state index contributed by atoms with van der Waals surface area (Å²) in [5.41, 5.74) is 2.80. The van der Waals surface area contributed by atoms with Crippen molar-refractivity contribution < 1.29 is 4.79 Å². The number of hydrogen-bond acceptors (Lipinski definition) is 4. The zero-order chi connectivity index (χ0) is 18.1. The maximum absolute atomic E-state index is 12.7. The van der Waals surface area contributed by atoms with E-state index in [0.717, 1.165) is 44.8 Å². The molecule has 2 aliphatic rings. The van der Waals surface area contributed by atoms with Crippen molar-refractivity contribution >= 4 is 11.7 Å². The van der Waals surface area contributed by atoms with Crippen LogP contribution in [0.5, 0.6) is 0 Å². The van der Waals surface area contributed by atoms with Crippen LogP contribution in [0.3, 0.4) is 0 Å². The molecule has 1 aromatic carbocycles. The maximum atomic E-state index is 12.7. The van der Waals surface area contributed by atoms with Gasteiger partial charge in [-0.15, -0.1) is 0 Å². The predicted molar refractivity (Wildman–Crippen MR) is 102 cm³/mol.